The van der Waals surface area contributed by atoms with Crippen LogP contribution in [0.25, 0.3) is 0 Å². The van der Waals surface area contributed by atoms with Gasteiger partial charge in [-0.3, -0.25) is 0 Å². The molecule has 0 bridgehead atoms. The molecule has 118 valence electrons. The van der Waals surface area contributed by atoms with E-state index in [0.717, 1.165) is 23.5 Å². The molecule has 1 unspecified atom stereocenters. The Labute approximate surface area is 136 Å². The first-order chi connectivity index (χ1) is 11.0. The van der Waals surface area contributed by atoms with Crippen LogP contribution in [0.3, 0.4) is 0 Å². The fourth-order valence-corrected chi connectivity index (χ4v) is 5.67. The van der Waals surface area contributed by atoms with Crippen molar-refractivity contribution >= 4 is 17.8 Å². The third kappa shape index (κ3) is 3.90. The second-order valence-corrected chi connectivity index (χ2v) is 8.84. The summed E-state index contributed by atoms with van der Waals surface area (Å²) in [5, 5.41) is 1.58. The lowest BCUT2D eigenvalue weighted by Gasteiger charge is -2.26. The first-order valence-corrected chi connectivity index (χ1v) is 9.94. The second kappa shape index (κ2) is 8.34. The van der Waals surface area contributed by atoms with Gasteiger partial charge >= 0.3 is 0 Å². The van der Waals surface area contributed by atoms with Crippen LogP contribution in [0.15, 0.2) is 60.7 Å². The van der Waals surface area contributed by atoms with Gasteiger partial charge in [0.05, 0.1) is 0 Å². The average Bonchev–Trinajstić information content (AvgIpc) is 2.59. The Morgan fingerprint density at radius 2 is 1.41 bits per heavy atom. The van der Waals surface area contributed by atoms with Crippen LogP contribution in [0.5, 0.6) is 0 Å². The normalized spacial score (nSPS) is 15.1. The zero-order valence-corrected chi connectivity index (χ0v) is 14.6. The van der Waals surface area contributed by atoms with Crippen LogP contribution in [0, 0.1) is 0 Å². The largest absolute Gasteiger partial charge is 0.313 e. The Bertz CT molecular complexity index is 594. The molecule has 0 fully saturated rings. The number of rotatable bonds is 8. The molecule has 0 amide bonds. The molecule has 0 N–H and O–H groups in total. The quantitative estimate of drug-likeness (QED) is 0.473. The fourth-order valence-electron chi connectivity index (χ4n) is 2.83. The Morgan fingerprint density at radius 1 is 0.909 bits per heavy atom. The van der Waals surface area contributed by atoms with Crippen molar-refractivity contribution in [1.29, 1.82) is 0 Å². The molecule has 0 saturated carbocycles. The van der Waals surface area contributed by atoms with Gasteiger partial charge in [-0.25, -0.2) is 0 Å². The van der Waals surface area contributed by atoms with Crippen molar-refractivity contribution in [2.45, 2.75) is 51.6 Å². The minimum Gasteiger partial charge on any atom is -0.313 e. The first-order valence-electron chi connectivity index (χ1n) is 8.74. The molecule has 22 heavy (non-hydrogen) atoms. The van der Waals surface area contributed by atoms with Crippen molar-refractivity contribution < 1.29 is 5.94 Å². The van der Waals surface area contributed by atoms with E-state index >= 15 is 0 Å². The van der Waals surface area contributed by atoms with E-state index in [2.05, 4.69) is 6.92 Å². The third-order valence-corrected chi connectivity index (χ3v) is 7.52. The van der Waals surface area contributed by atoms with Gasteiger partial charge in [0.1, 0.15) is 7.14 Å². The minimum atomic E-state index is -3.01. The summed E-state index contributed by atoms with van der Waals surface area (Å²) in [6, 6.07) is 19.2. The molecular weight excluding hydrogens is 287 g/mol. The number of unbranched alkanes of at least 4 members (excludes halogenated alkanes) is 3. The van der Waals surface area contributed by atoms with Crippen molar-refractivity contribution in [3.63, 3.8) is 0 Å². The molecule has 0 aliphatic heterocycles. The zero-order chi connectivity index (χ0) is 16.8. The molecule has 1 atom stereocenters. The first kappa shape index (κ1) is 15.6. The van der Waals surface area contributed by atoms with Crippen molar-refractivity contribution in [1.82, 2.24) is 0 Å². The Hall–Kier alpha value is -1.33. The Kier molecular flexibility index (Phi) is 5.90. The van der Waals surface area contributed by atoms with Gasteiger partial charge in [0, 0.05) is 17.6 Å². The molecular formula is C20H27OP. The van der Waals surface area contributed by atoms with E-state index in [1.165, 1.54) is 12.8 Å². The summed E-state index contributed by atoms with van der Waals surface area (Å²) < 4.78 is 23.0. The molecule has 2 rings (SSSR count). The average molecular weight is 315 g/mol. The highest BCUT2D eigenvalue weighted by Crippen LogP contribution is 2.50. The lowest BCUT2D eigenvalue weighted by Crippen LogP contribution is -2.24. The number of hydrogen-bond donors (Lipinski definition) is 0. The Balaban J connectivity index is 2.40. The molecule has 0 saturated heterocycles. The van der Waals surface area contributed by atoms with Gasteiger partial charge < -0.3 is 4.57 Å². The van der Waals surface area contributed by atoms with Gasteiger partial charge in [-0.2, -0.15) is 0 Å². The molecule has 0 aliphatic carbocycles. The van der Waals surface area contributed by atoms with E-state index in [0.29, 0.717) is 6.42 Å². The van der Waals surface area contributed by atoms with Crippen LogP contribution in [0.4, 0.5) is 0 Å². The van der Waals surface area contributed by atoms with Gasteiger partial charge in [-0.05, 0) is 6.42 Å². The summed E-state index contributed by atoms with van der Waals surface area (Å²) in [6.07, 6.45) is 5.07. The predicted molar refractivity (Wildman–Crippen MR) is 98.0 cm³/mol. The van der Waals surface area contributed by atoms with Gasteiger partial charge in [-0.15, -0.1) is 0 Å². The maximum atomic E-state index is 14.1. The standard InChI is InChI=1S/C20H27OP/c1-3-4-5-8-13-18(2)22(21,19-14-9-6-10-15-19)20-16-11-7-12-17-20/h6-7,9-12,14-18H,3-5,8,13H2,1-2H3/i18D. The zero-order valence-electron chi connectivity index (χ0n) is 14.7. The van der Waals surface area contributed by atoms with Crippen LogP contribution in [-0.2, 0) is 4.57 Å². The maximum Gasteiger partial charge on any atom is 0.145 e. The monoisotopic (exact) mass is 315 g/mol. The molecule has 2 aromatic carbocycles. The van der Waals surface area contributed by atoms with Crippen LogP contribution >= 0.6 is 7.14 Å². The van der Waals surface area contributed by atoms with Gasteiger partial charge in [0.25, 0.3) is 0 Å². The minimum absolute atomic E-state index is 0.661. The predicted octanol–water partition coefficient (Wildman–Crippen LogP) is 5.36. The summed E-state index contributed by atoms with van der Waals surface area (Å²) >= 11 is 0. The summed E-state index contributed by atoms with van der Waals surface area (Å²) in [4.78, 5) is 0. The van der Waals surface area contributed by atoms with Crippen LogP contribution in [0.1, 0.15) is 47.3 Å². The van der Waals surface area contributed by atoms with E-state index in [1.807, 2.05) is 67.6 Å². The highest BCUT2D eigenvalue weighted by atomic mass is 31.2. The molecule has 0 spiro atoms. The van der Waals surface area contributed by atoms with E-state index in [4.69, 9.17) is 1.37 Å². The summed E-state index contributed by atoms with van der Waals surface area (Å²) in [7, 11) is -3.01. The molecule has 0 aromatic heterocycles. The maximum absolute atomic E-state index is 14.1. The highest BCUT2D eigenvalue weighted by molar-refractivity contribution is 7.79. The fraction of sp³-hybridized carbons (Fsp3) is 0.400. The topological polar surface area (TPSA) is 17.1 Å². The van der Waals surface area contributed by atoms with Crippen LogP contribution in [-0.4, -0.2) is 5.64 Å². The smallest absolute Gasteiger partial charge is 0.145 e. The Morgan fingerprint density at radius 3 is 1.86 bits per heavy atom. The molecule has 0 radical (unpaired) electrons. The van der Waals surface area contributed by atoms with E-state index in [9.17, 15) is 4.57 Å². The molecule has 2 aromatic rings. The lowest BCUT2D eigenvalue weighted by molar-refractivity contribution is 0.565. The van der Waals surface area contributed by atoms with E-state index in [-0.39, 0.29) is 0 Å². The van der Waals surface area contributed by atoms with Gasteiger partial charge in [0.2, 0.25) is 0 Å². The summed E-state index contributed by atoms with van der Waals surface area (Å²) in [5.41, 5.74) is -0.983. The molecule has 0 aliphatic rings. The summed E-state index contributed by atoms with van der Waals surface area (Å²) in [5.74, 6) is 0. The van der Waals surface area contributed by atoms with Gasteiger partial charge in [-0.1, -0.05) is 100 Å². The second-order valence-electron chi connectivity index (χ2n) is 5.83. The van der Waals surface area contributed by atoms with Crippen molar-refractivity contribution in [2.24, 2.45) is 0 Å². The van der Waals surface area contributed by atoms with Crippen molar-refractivity contribution in [3.8, 4) is 0 Å². The lowest BCUT2D eigenvalue weighted by atomic mass is 10.1. The number of hydrogen-bond acceptors (Lipinski definition) is 1. The van der Waals surface area contributed by atoms with Crippen molar-refractivity contribution in [3.05, 3.63) is 60.7 Å². The van der Waals surface area contributed by atoms with E-state index in [1.54, 1.807) is 0 Å². The van der Waals surface area contributed by atoms with E-state index < -0.39 is 12.8 Å². The van der Waals surface area contributed by atoms with Crippen LogP contribution < -0.4 is 10.6 Å². The third-order valence-electron chi connectivity index (χ3n) is 4.17. The molecule has 2 heteroatoms. The van der Waals surface area contributed by atoms with Crippen molar-refractivity contribution in [2.75, 3.05) is 0 Å². The molecule has 0 heterocycles. The summed E-state index contributed by atoms with van der Waals surface area (Å²) in [6.45, 7) is 4.03. The van der Waals surface area contributed by atoms with Gasteiger partial charge in [0.15, 0.2) is 0 Å². The number of benzene rings is 2. The SMILES string of the molecule is [2H]C(C)(CCCCCC)P(=O)(c1ccccc1)c1ccccc1. The van der Waals surface area contributed by atoms with Crippen LogP contribution in [0.2, 0.25) is 0 Å². The highest BCUT2D eigenvalue weighted by Gasteiger charge is 2.32. The molecule has 1 nitrogen and oxygen atoms in total.